The Hall–Kier alpha value is -0.890. The first-order valence-corrected chi connectivity index (χ1v) is 8.11. The van der Waals surface area contributed by atoms with Gasteiger partial charge in [-0.3, -0.25) is 4.98 Å². The third kappa shape index (κ3) is 4.59. The molecule has 1 aromatic heterocycles. The molecule has 0 radical (unpaired) electrons. The van der Waals surface area contributed by atoms with Gasteiger partial charge < -0.3 is 5.32 Å². The van der Waals surface area contributed by atoms with E-state index < -0.39 is 0 Å². The minimum Gasteiger partial charge on any atom is -0.308 e. The van der Waals surface area contributed by atoms with Crippen molar-refractivity contribution in [1.82, 2.24) is 10.3 Å². The van der Waals surface area contributed by atoms with Gasteiger partial charge in [-0.1, -0.05) is 33.3 Å². The van der Waals surface area contributed by atoms with Gasteiger partial charge in [0.05, 0.1) is 5.69 Å². The van der Waals surface area contributed by atoms with E-state index >= 15 is 0 Å². The second-order valence-corrected chi connectivity index (χ2v) is 7.42. The lowest BCUT2D eigenvalue weighted by atomic mass is 9.76. The zero-order chi connectivity index (χ0) is 14.6. The Labute approximate surface area is 124 Å². The molecule has 0 aliphatic heterocycles. The van der Waals surface area contributed by atoms with E-state index in [1.807, 2.05) is 0 Å². The van der Waals surface area contributed by atoms with Gasteiger partial charge in [0.2, 0.25) is 0 Å². The van der Waals surface area contributed by atoms with Crippen LogP contribution in [0.5, 0.6) is 0 Å². The van der Waals surface area contributed by atoms with Crippen molar-refractivity contribution >= 4 is 0 Å². The van der Waals surface area contributed by atoms with E-state index in [4.69, 9.17) is 0 Å². The van der Waals surface area contributed by atoms with Gasteiger partial charge in [0.15, 0.2) is 0 Å². The minimum atomic E-state index is 0.465. The first-order chi connectivity index (χ1) is 9.45. The van der Waals surface area contributed by atoms with E-state index in [0.717, 1.165) is 18.2 Å². The van der Waals surface area contributed by atoms with E-state index in [-0.39, 0.29) is 0 Å². The molecule has 2 nitrogen and oxygen atoms in total. The van der Waals surface area contributed by atoms with E-state index in [1.165, 1.54) is 37.8 Å². The van der Waals surface area contributed by atoms with Gasteiger partial charge in [0.1, 0.15) is 0 Å². The van der Waals surface area contributed by atoms with Gasteiger partial charge in [-0.2, -0.15) is 0 Å². The van der Waals surface area contributed by atoms with Crippen LogP contribution < -0.4 is 5.32 Å². The summed E-state index contributed by atoms with van der Waals surface area (Å²) in [6, 6.07) is 6.95. The van der Waals surface area contributed by atoms with Crippen LogP contribution in [0.2, 0.25) is 0 Å². The van der Waals surface area contributed by atoms with E-state index in [2.05, 4.69) is 56.2 Å². The van der Waals surface area contributed by atoms with E-state index in [0.29, 0.717) is 11.5 Å². The quantitative estimate of drug-likeness (QED) is 0.822. The molecule has 1 heterocycles. The van der Waals surface area contributed by atoms with Crippen LogP contribution in [0.25, 0.3) is 0 Å². The molecular formula is C18H30N2. The fourth-order valence-corrected chi connectivity index (χ4v) is 3.32. The molecular weight excluding hydrogens is 244 g/mol. The summed E-state index contributed by atoms with van der Waals surface area (Å²) in [6.45, 7) is 10.1. The Morgan fingerprint density at radius 3 is 2.65 bits per heavy atom. The number of rotatable bonds is 3. The summed E-state index contributed by atoms with van der Waals surface area (Å²) in [5, 5.41) is 3.71. The van der Waals surface area contributed by atoms with Crippen molar-refractivity contribution in [2.45, 2.75) is 72.4 Å². The molecule has 0 amide bonds. The van der Waals surface area contributed by atoms with Gasteiger partial charge in [0, 0.05) is 18.3 Å². The number of aromatic nitrogens is 1. The van der Waals surface area contributed by atoms with Gasteiger partial charge in [0.25, 0.3) is 0 Å². The van der Waals surface area contributed by atoms with Crippen LogP contribution in [-0.2, 0) is 6.54 Å². The van der Waals surface area contributed by atoms with Gasteiger partial charge >= 0.3 is 0 Å². The second kappa shape index (κ2) is 6.71. The second-order valence-electron chi connectivity index (χ2n) is 7.42. The number of pyridine rings is 1. The van der Waals surface area contributed by atoms with Crippen molar-refractivity contribution in [3.05, 3.63) is 29.6 Å². The molecule has 1 aliphatic carbocycles. The van der Waals surface area contributed by atoms with Crippen LogP contribution in [0, 0.1) is 18.3 Å². The van der Waals surface area contributed by atoms with Crippen molar-refractivity contribution in [2.24, 2.45) is 11.3 Å². The molecule has 112 valence electrons. The molecule has 1 aromatic rings. The zero-order valence-corrected chi connectivity index (χ0v) is 13.6. The molecule has 1 fully saturated rings. The summed E-state index contributed by atoms with van der Waals surface area (Å²) in [5.74, 6) is 0.881. The molecule has 0 bridgehead atoms. The largest absolute Gasteiger partial charge is 0.308 e. The predicted octanol–water partition coefficient (Wildman–Crippen LogP) is 4.47. The fourth-order valence-electron chi connectivity index (χ4n) is 3.32. The molecule has 2 rings (SSSR count). The topological polar surface area (TPSA) is 24.9 Å². The van der Waals surface area contributed by atoms with Crippen molar-refractivity contribution in [2.75, 3.05) is 0 Å². The summed E-state index contributed by atoms with van der Waals surface area (Å²) in [7, 11) is 0. The monoisotopic (exact) mass is 274 g/mol. The van der Waals surface area contributed by atoms with Crippen molar-refractivity contribution in [3.8, 4) is 0 Å². The molecule has 20 heavy (non-hydrogen) atoms. The number of hydrogen-bond acceptors (Lipinski definition) is 2. The molecule has 2 atom stereocenters. The SMILES string of the molecule is Cc1cccc(CNC2CCCC(C(C)(C)C)CC2)n1. The van der Waals surface area contributed by atoms with Crippen LogP contribution in [0.15, 0.2) is 18.2 Å². The molecule has 0 aromatic carbocycles. The summed E-state index contributed by atoms with van der Waals surface area (Å²) in [6.07, 6.45) is 6.75. The molecule has 1 aliphatic rings. The molecule has 2 heteroatoms. The highest BCUT2D eigenvalue weighted by molar-refractivity contribution is 5.09. The Bertz CT molecular complexity index is 420. The maximum Gasteiger partial charge on any atom is 0.0544 e. The van der Waals surface area contributed by atoms with Crippen LogP contribution in [-0.4, -0.2) is 11.0 Å². The predicted molar refractivity (Wildman–Crippen MR) is 85.6 cm³/mol. The van der Waals surface area contributed by atoms with Gasteiger partial charge in [-0.25, -0.2) is 0 Å². The Balaban J connectivity index is 1.83. The van der Waals surface area contributed by atoms with Crippen LogP contribution in [0.4, 0.5) is 0 Å². The number of nitrogens with zero attached hydrogens (tertiary/aromatic N) is 1. The summed E-state index contributed by atoms with van der Waals surface area (Å²) in [4.78, 5) is 4.57. The lowest BCUT2D eigenvalue weighted by molar-refractivity contribution is 0.213. The summed E-state index contributed by atoms with van der Waals surface area (Å²) in [5.41, 5.74) is 2.74. The Morgan fingerprint density at radius 2 is 1.95 bits per heavy atom. The highest BCUT2D eigenvalue weighted by Gasteiger charge is 2.27. The highest BCUT2D eigenvalue weighted by atomic mass is 14.9. The maximum absolute atomic E-state index is 4.57. The molecule has 2 unspecified atom stereocenters. The fraction of sp³-hybridized carbons (Fsp3) is 0.722. The molecule has 0 saturated heterocycles. The Kier molecular flexibility index (Phi) is 5.20. The number of aryl methyl sites for hydroxylation is 1. The third-order valence-corrected chi connectivity index (χ3v) is 4.71. The zero-order valence-electron chi connectivity index (χ0n) is 13.6. The van der Waals surface area contributed by atoms with Crippen LogP contribution in [0.3, 0.4) is 0 Å². The standard InChI is InChI=1S/C18H30N2/c1-14-7-5-10-17(20-14)13-19-16-9-6-8-15(11-12-16)18(2,3)4/h5,7,10,15-16,19H,6,8-9,11-13H2,1-4H3. The van der Waals surface area contributed by atoms with Gasteiger partial charge in [-0.15, -0.1) is 0 Å². The average molecular weight is 274 g/mol. The highest BCUT2D eigenvalue weighted by Crippen LogP contribution is 2.36. The average Bonchev–Trinajstić information content (AvgIpc) is 2.61. The van der Waals surface area contributed by atoms with Crippen molar-refractivity contribution < 1.29 is 0 Å². The maximum atomic E-state index is 4.57. The smallest absolute Gasteiger partial charge is 0.0544 e. The number of hydrogen-bond donors (Lipinski definition) is 1. The number of nitrogens with one attached hydrogen (secondary N) is 1. The first kappa shape index (κ1) is 15.5. The third-order valence-electron chi connectivity index (χ3n) is 4.71. The lowest BCUT2D eigenvalue weighted by Gasteiger charge is -2.29. The lowest BCUT2D eigenvalue weighted by Crippen LogP contribution is -2.28. The van der Waals surface area contributed by atoms with Crippen LogP contribution in [0.1, 0.15) is 64.3 Å². The van der Waals surface area contributed by atoms with Crippen molar-refractivity contribution in [1.29, 1.82) is 0 Å². The van der Waals surface area contributed by atoms with Gasteiger partial charge in [-0.05, 0) is 56.1 Å². The normalized spacial score (nSPS) is 24.4. The summed E-state index contributed by atoms with van der Waals surface area (Å²) >= 11 is 0. The van der Waals surface area contributed by atoms with Crippen molar-refractivity contribution in [3.63, 3.8) is 0 Å². The first-order valence-electron chi connectivity index (χ1n) is 8.11. The summed E-state index contributed by atoms with van der Waals surface area (Å²) < 4.78 is 0. The Morgan fingerprint density at radius 1 is 1.15 bits per heavy atom. The minimum absolute atomic E-state index is 0.465. The molecule has 1 saturated carbocycles. The van der Waals surface area contributed by atoms with E-state index in [9.17, 15) is 0 Å². The molecule has 0 spiro atoms. The molecule has 1 N–H and O–H groups in total. The van der Waals surface area contributed by atoms with Crippen LogP contribution >= 0.6 is 0 Å². The van der Waals surface area contributed by atoms with E-state index in [1.54, 1.807) is 0 Å².